The van der Waals surface area contributed by atoms with Crippen molar-refractivity contribution in [3.8, 4) is 0 Å². The summed E-state index contributed by atoms with van der Waals surface area (Å²) in [6.07, 6.45) is 7.78. The lowest BCUT2D eigenvalue weighted by molar-refractivity contribution is -0.134. The molecule has 4 heteroatoms. The number of hydrogen-bond acceptors (Lipinski definition) is 2. The Morgan fingerprint density at radius 3 is 2.76 bits per heavy atom. The van der Waals surface area contributed by atoms with Gasteiger partial charge in [0, 0.05) is 23.8 Å². The van der Waals surface area contributed by atoms with Crippen LogP contribution in [0.1, 0.15) is 45.4 Å². The smallest absolute Gasteiger partial charge is 0.139 e. The van der Waals surface area contributed by atoms with Crippen LogP contribution in [0.25, 0.3) is 0 Å². The molecule has 0 amide bonds. The number of halogens is 2. The minimum atomic E-state index is -0.210. The molecule has 0 aliphatic heterocycles. The van der Waals surface area contributed by atoms with Gasteiger partial charge in [0.1, 0.15) is 5.82 Å². The maximum absolute atomic E-state index is 13.7. The minimum Gasteiger partial charge on any atom is -0.381 e. The predicted molar refractivity (Wildman–Crippen MR) is 87.1 cm³/mol. The van der Waals surface area contributed by atoms with Crippen LogP contribution in [0.3, 0.4) is 0 Å². The fourth-order valence-corrected chi connectivity index (χ4v) is 4.30. The Morgan fingerprint density at radius 2 is 2.10 bits per heavy atom. The minimum absolute atomic E-state index is 0.210. The van der Waals surface area contributed by atoms with Gasteiger partial charge in [-0.3, -0.25) is 0 Å². The van der Waals surface area contributed by atoms with Gasteiger partial charge in [0.2, 0.25) is 0 Å². The van der Waals surface area contributed by atoms with E-state index < -0.39 is 0 Å². The number of ether oxygens (including phenoxy) is 1. The zero-order chi connectivity index (χ0) is 14.9. The monoisotopic (exact) mass is 355 g/mol. The average Bonchev–Trinajstić information content (AvgIpc) is 2.50. The molecule has 2 nitrogen and oxygen atoms in total. The molecule has 2 aliphatic rings. The summed E-state index contributed by atoms with van der Waals surface area (Å²) in [5.74, 6) is -0.210. The van der Waals surface area contributed by atoms with Gasteiger partial charge in [0.15, 0.2) is 0 Å². The molecule has 1 N–H and O–H groups in total. The van der Waals surface area contributed by atoms with Crippen molar-refractivity contribution in [2.24, 2.45) is 5.41 Å². The van der Waals surface area contributed by atoms with E-state index in [2.05, 4.69) is 28.2 Å². The van der Waals surface area contributed by atoms with Gasteiger partial charge in [0.05, 0.1) is 10.6 Å². The molecule has 0 radical (unpaired) electrons. The Hall–Kier alpha value is -0.610. The normalized spacial score (nSPS) is 27.4. The number of benzene rings is 1. The van der Waals surface area contributed by atoms with Gasteiger partial charge >= 0.3 is 0 Å². The molecular weight excluding hydrogens is 333 g/mol. The maximum Gasteiger partial charge on any atom is 0.139 e. The standard InChI is InChI=1S/C17H23BrFNO/c1-2-21-16-11-15(17(16)8-4-3-5-9-17)20-12-6-7-13(18)14(19)10-12/h6-7,10,15-16,20H,2-5,8-9,11H2,1H3. The van der Waals surface area contributed by atoms with Crippen molar-refractivity contribution in [2.45, 2.75) is 57.6 Å². The van der Waals surface area contributed by atoms with Crippen LogP contribution in [-0.4, -0.2) is 18.8 Å². The van der Waals surface area contributed by atoms with E-state index in [1.165, 1.54) is 32.1 Å². The number of hydrogen-bond donors (Lipinski definition) is 1. The molecule has 0 saturated heterocycles. The maximum atomic E-state index is 13.7. The van der Waals surface area contributed by atoms with Crippen LogP contribution in [0.4, 0.5) is 10.1 Å². The number of rotatable bonds is 4. The topological polar surface area (TPSA) is 21.3 Å². The van der Waals surface area contributed by atoms with Gasteiger partial charge in [0.25, 0.3) is 0 Å². The molecule has 2 saturated carbocycles. The van der Waals surface area contributed by atoms with Gasteiger partial charge in [-0.05, 0) is 60.3 Å². The lowest BCUT2D eigenvalue weighted by Crippen LogP contribution is -2.62. The second kappa shape index (κ2) is 6.25. The van der Waals surface area contributed by atoms with Crippen molar-refractivity contribution in [1.82, 2.24) is 0 Å². The first-order chi connectivity index (χ1) is 10.2. The molecule has 1 spiro atoms. The fraction of sp³-hybridized carbons (Fsp3) is 0.647. The third-order valence-electron chi connectivity index (χ3n) is 5.20. The first-order valence-corrected chi connectivity index (χ1v) is 8.78. The van der Waals surface area contributed by atoms with E-state index in [1.54, 1.807) is 12.1 Å². The van der Waals surface area contributed by atoms with Gasteiger partial charge < -0.3 is 10.1 Å². The molecule has 2 aliphatic carbocycles. The number of nitrogens with one attached hydrogen (secondary N) is 1. The van der Waals surface area contributed by atoms with Gasteiger partial charge in [-0.15, -0.1) is 0 Å². The lowest BCUT2D eigenvalue weighted by atomic mass is 9.55. The van der Waals surface area contributed by atoms with Crippen molar-refractivity contribution in [1.29, 1.82) is 0 Å². The summed E-state index contributed by atoms with van der Waals surface area (Å²) in [7, 11) is 0. The molecule has 21 heavy (non-hydrogen) atoms. The first kappa shape index (κ1) is 15.3. The highest BCUT2D eigenvalue weighted by molar-refractivity contribution is 9.10. The summed E-state index contributed by atoms with van der Waals surface area (Å²) >= 11 is 3.20. The van der Waals surface area contributed by atoms with Gasteiger partial charge in [-0.25, -0.2) is 4.39 Å². The zero-order valence-electron chi connectivity index (χ0n) is 12.5. The third kappa shape index (κ3) is 2.85. The van der Waals surface area contributed by atoms with Crippen LogP contribution in [0.15, 0.2) is 22.7 Å². The van der Waals surface area contributed by atoms with Gasteiger partial charge in [-0.2, -0.15) is 0 Å². The highest BCUT2D eigenvalue weighted by Crippen LogP contribution is 2.54. The second-order valence-electron chi connectivity index (χ2n) is 6.30. The van der Waals surface area contributed by atoms with E-state index >= 15 is 0 Å². The van der Waals surface area contributed by atoms with Crippen molar-refractivity contribution in [3.63, 3.8) is 0 Å². The average molecular weight is 356 g/mol. The molecule has 0 heterocycles. The van der Waals surface area contributed by atoms with E-state index in [1.807, 2.05) is 6.07 Å². The zero-order valence-corrected chi connectivity index (χ0v) is 14.1. The Bertz CT molecular complexity index is 502. The first-order valence-electron chi connectivity index (χ1n) is 7.99. The Balaban J connectivity index is 1.73. The molecule has 0 aromatic heterocycles. The van der Waals surface area contributed by atoms with Crippen LogP contribution in [-0.2, 0) is 4.74 Å². The summed E-state index contributed by atoms with van der Waals surface area (Å²) in [6.45, 7) is 2.85. The predicted octanol–water partition coefficient (Wildman–Crippen LogP) is 5.13. The molecule has 116 valence electrons. The SMILES string of the molecule is CCOC1CC(Nc2ccc(Br)c(F)c2)C12CCCCC2. The van der Waals surface area contributed by atoms with Crippen molar-refractivity contribution >= 4 is 21.6 Å². The van der Waals surface area contributed by atoms with E-state index in [0.717, 1.165) is 18.7 Å². The van der Waals surface area contributed by atoms with Crippen molar-refractivity contribution in [3.05, 3.63) is 28.5 Å². The van der Waals surface area contributed by atoms with Crippen LogP contribution in [0.5, 0.6) is 0 Å². The molecular formula is C17H23BrFNO. The van der Waals surface area contributed by atoms with Crippen molar-refractivity contribution in [2.75, 3.05) is 11.9 Å². The highest BCUT2D eigenvalue weighted by atomic mass is 79.9. The fourth-order valence-electron chi connectivity index (χ4n) is 4.05. The molecule has 2 fully saturated rings. The second-order valence-corrected chi connectivity index (χ2v) is 7.15. The van der Waals surface area contributed by atoms with Crippen LogP contribution in [0, 0.1) is 11.2 Å². The summed E-state index contributed by atoms with van der Waals surface area (Å²) in [6, 6.07) is 5.70. The molecule has 2 unspecified atom stereocenters. The summed E-state index contributed by atoms with van der Waals surface area (Å²) in [4.78, 5) is 0. The van der Waals surface area contributed by atoms with Crippen molar-refractivity contribution < 1.29 is 9.13 Å². The summed E-state index contributed by atoms with van der Waals surface area (Å²) in [5.41, 5.74) is 1.14. The molecule has 0 bridgehead atoms. The van der Waals surface area contributed by atoms with Crippen LogP contribution < -0.4 is 5.32 Å². The summed E-state index contributed by atoms with van der Waals surface area (Å²) < 4.78 is 20.1. The molecule has 2 atom stereocenters. The van der Waals surface area contributed by atoms with Crippen LogP contribution >= 0.6 is 15.9 Å². The molecule has 3 rings (SSSR count). The van der Waals surface area contributed by atoms with E-state index in [4.69, 9.17) is 4.74 Å². The third-order valence-corrected chi connectivity index (χ3v) is 5.84. The molecule has 1 aromatic rings. The largest absolute Gasteiger partial charge is 0.381 e. The van der Waals surface area contributed by atoms with E-state index in [0.29, 0.717) is 16.6 Å². The van der Waals surface area contributed by atoms with Gasteiger partial charge in [-0.1, -0.05) is 19.3 Å². The van der Waals surface area contributed by atoms with E-state index in [-0.39, 0.29) is 11.2 Å². The van der Waals surface area contributed by atoms with Crippen LogP contribution in [0.2, 0.25) is 0 Å². The summed E-state index contributed by atoms with van der Waals surface area (Å²) in [5, 5.41) is 3.55. The number of anilines is 1. The quantitative estimate of drug-likeness (QED) is 0.808. The Labute approximate surface area is 134 Å². The lowest BCUT2D eigenvalue weighted by Gasteiger charge is -2.58. The highest BCUT2D eigenvalue weighted by Gasteiger charge is 2.55. The van der Waals surface area contributed by atoms with E-state index in [9.17, 15) is 4.39 Å². The Kier molecular flexibility index (Phi) is 4.55. The Morgan fingerprint density at radius 1 is 1.33 bits per heavy atom. The molecule has 1 aromatic carbocycles.